The van der Waals surface area contributed by atoms with Gasteiger partial charge in [-0.2, -0.15) is 0 Å². The van der Waals surface area contributed by atoms with Gasteiger partial charge in [0, 0.05) is 32.8 Å². The molecular formula is C18H23N3O3. The first-order chi connectivity index (χ1) is 11.5. The lowest BCUT2D eigenvalue weighted by atomic mass is 10.1. The van der Waals surface area contributed by atoms with E-state index >= 15 is 0 Å². The van der Waals surface area contributed by atoms with E-state index < -0.39 is 0 Å². The fourth-order valence-corrected chi connectivity index (χ4v) is 2.33. The fourth-order valence-electron chi connectivity index (χ4n) is 2.33. The molecule has 0 fully saturated rings. The number of benzene rings is 1. The number of carbonyl (C=O) groups is 1. The lowest BCUT2D eigenvalue weighted by Gasteiger charge is -2.16. The highest BCUT2D eigenvalue weighted by atomic mass is 16.5. The number of carbonyl (C=O) groups excluding carboxylic acids is 1. The number of aryl methyl sites for hydroxylation is 1. The Bertz CT molecular complexity index is 679. The van der Waals surface area contributed by atoms with E-state index in [9.17, 15) is 4.79 Å². The van der Waals surface area contributed by atoms with Crippen LogP contribution >= 0.6 is 0 Å². The minimum atomic E-state index is -0.0621. The van der Waals surface area contributed by atoms with Crippen molar-refractivity contribution in [1.29, 1.82) is 0 Å². The van der Waals surface area contributed by atoms with Crippen LogP contribution in [0.15, 0.2) is 36.5 Å². The van der Waals surface area contributed by atoms with E-state index in [2.05, 4.69) is 10.3 Å². The minimum Gasteiger partial charge on any atom is -0.497 e. The average molecular weight is 329 g/mol. The standard InChI is InChI=1S/C18H23N3O3/c1-21(2)18-16(6-5-9-19-18)20-17(22)8-7-13-10-14(23-3)12-15(11-13)24-4/h5-6,9-12H,7-8H2,1-4H3,(H,20,22). The van der Waals surface area contributed by atoms with Gasteiger partial charge in [0.25, 0.3) is 0 Å². The number of aromatic nitrogens is 1. The van der Waals surface area contributed by atoms with Crippen LogP contribution in [0.3, 0.4) is 0 Å². The highest BCUT2D eigenvalue weighted by Crippen LogP contribution is 2.24. The van der Waals surface area contributed by atoms with E-state index in [0.717, 1.165) is 11.4 Å². The predicted octanol–water partition coefficient (Wildman–Crippen LogP) is 2.74. The van der Waals surface area contributed by atoms with Gasteiger partial charge in [-0.1, -0.05) is 0 Å². The first-order valence-corrected chi connectivity index (χ1v) is 7.67. The number of nitrogens with zero attached hydrogens (tertiary/aromatic N) is 2. The van der Waals surface area contributed by atoms with Crippen molar-refractivity contribution in [2.75, 3.05) is 38.5 Å². The topological polar surface area (TPSA) is 63.7 Å². The molecule has 1 aromatic carbocycles. The SMILES string of the molecule is COc1cc(CCC(=O)Nc2cccnc2N(C)C)cc(OC)c1. The van der Waals surface area contributed by atoms with Crippen LogP contribution in [0.25, 0.3) is 0 Å². The Morgan fingerprint density at radius 1 is 1.17 bits per heavy atom. The molecule has 1 amide bonds. The maximum atomic E-state index is 12.2. The summed E-state index contributed by atoms with van der Waals surface area (Å²) in [5.41, 5.74) is 1.69. The molecule has 0 bridgehead atoms. The molecule has 0 aliphatic heterocycles. The Morgan fingerprint density at radius 3 is 2.42 bits per heavy atom. The van der Waals surface area contributed by atoms with Crippen molar-refractivity contribution in [3.63, 3.8) is 0 Å². The molecule has 6 nitrogen and oxygen atoms in total. The minimum absolute atomic E-state index is 0.0621. The Kier molecular flexibility index (Phi) is 6.01. The third kappa shape index (κ3) is 4.62. The first-order valence-electron chi connectivity index (χ1n) is 7.67. The molecular weight excluding hydrogens is 306 g/mol. The molecule has 0 aliphatic carbocycles. The molecule has 0 aliphatic rings. The second-order valence-electron chi connectivity index (χ2n) is 5.54. The summed E-state index contributed by atoms with van der Waals surface area (Å²) in [6, 6.07) is 9.27. The molecule has 2 rings (SSSR count). The van der Waals surface area contributed by atoms with Gasteiger partial charge in [-0.05, 0) is 36.2 Å². The van der Waals surface area contributed by atoms with Crippen LogP contribution in [-0.2, 0) is 11.2 Å². The number of hydrogen-bond acceptors (Lipinski definition) is 5. The predicted molar refractivity (Wildman–Crippen MR) is 95.1 cm³/mol. The van der Waals surface area contributed by atoms with Crippen LogP contribution in [0.4, 0.5) is 11.5 Å². The number of nitrogens with one attached hydrogen (secondary N) is 1. The molecule has 0 saturated carbocycles. The zero-order chi connectivity index (χ0) is 17.5. The summed E-state index contributed by atoms with van der Waals surface area (Å²) in [5.74, 6) is 2.10. The van der Waals surface area contributed by atoms with E-state index in [1.165, 1.54) is 0 Å². The molecule has 2 aromatic rings. The number of ether oxygens (including phenoxy) is 2. The number of rotatable bonds is 7. The van der Waals surface area contributed by atoms with Crippen molar-refractivity contribution in [3.8, 4) is 11.5 Å². The van der Waals surface area contributed by atoms with Gasteiger partial charge in [-0.15, -0.1) is 0 Å². The molecule has 1 heterocycles. The first kappa shape index (κ1) is 17.6. The third-order valence-electron chi connectivity index (χ3n) is 3.54. The molecule has 1 aromatic heterocycles. The Balaban J connectivity index is 2.01. The zero-order valence-electron chi connectivity index (χ0n) is 14.5. The normalized spacial score (nSPS) is 10.2. The second-order valence-corrected chi connectivity index (χ2v) is 5.54. The van der Waals surface area contributed by atoms with Crippen molar-refractivity contribution < 1.29 is 14.3 Å². The van der Waals surface area contributed by atoms with Gasteiger partial charge < -0.3 is 19.7 Å². The van der Waals surface area contributed by atoms with E-state index in [1.807, 2.05) is 43.3 Å². The Morgan fingerprint density at radius 2 is 1.83 bits per heavy atom. The largest absolute Gasteiger partial charge is 0.497 e. The summed E-state index contributed by atoms with van der Waals surface area (Å²) in [6.45, 7) is 0. The van der Waals surface area contributed by atoms with Crippen LogP contribution in [0.5, 0.6) is 11.5 Å². The quantitative estimate of drug-likeness (QED) is 0.846. The van der Waals surface area contributed by atoms with Gasteiger partial charge in [-0.25, -0.2) is 4.98 Å². The lowest BCUT2D eigenvalue weighted by Crippen LogP contribution is -2.18. The average Bonchev–Trinajstić information content (AvgIpc) is 2.59. The maximum Gasteiger partial charge on any atom is 0.224 e. The van der Waals surface area contributed by atoms with Crippen LogP contribution in [0.2, 0.25) is 0 Å². The van der Waals surface area contributed by atoms with Crippen molar-refractivity contribution >= 4 is 17.4 Å². The molecule has 0 atom stereocenters. The van der Waals surface area contributed by atoms with Gasteiger partial charge in [0.05, 0.1) is 19.9 Å². The van der Waals surface area contributed by atoms with E-state index in [1.54, 1.807) is 26.5 Å². The molecule has 0 spiro atoms. The Hall–Kier alpha value is -2.76. The summed E-state index contributed by atoms with van der Waals surface area (Å²) in [5, 5.41) is 2.91. The fraction of sp³-hybridized carbons (Fsp3) is 0.333. The second kappa shape index (κ2) is 8.19. The third-order valence-corrected chi connectivity index (χ3v) is 3.54. The molecule has 6 heteroatoms. The number of methoxy groups -OCH3 is 2. The van der Waals surface area contributed by atoms with Crippen LogP contribution in [-0.4, -0.2) is 39.2 Å². The lowest BCUT2D eigenvalue weighted by molar-refractivity contribution is -0.116. The van der Waals surface area contributed by atoms with Crippen molar-refractivity contribution in [3.05, 3.63) is 42.1 Å². The van der Waals surface area contributed by atoms with E-state index in [-0.39, 0.29) is 5.91 Å². The van der Waals surface area contributed by atoms with Gasteiger partial charge in [-0.3, -0.25) is 4.79 Å². The monoisotopic (exact) mass is 329 g/mol. The molecule has 1 N–H and O–H groups in total. The summed E-state index contributed by atoms with van der Waals surface area (Å²) in [6.07, 6.45) is 2.66. The van der Waals surface area contributed by atoms with E-state index in [0.29, 0.717) is 30.0 Å². The summed E-state index contributed by atoms with van der Waals surface area (Å²) >= 11 is 0. The molecule has 24 heavy (non-hydrogen) atoms. The van der Waals surface area contributed by atoms with Crippen molar-refractivity contribution in [2.45, 2.75) is 12.8 Å². The smallest absolute Gasteiger partial charge is 0.224 e. The maximum absolute atomic E-state index is 12.2. The van der Waals surface area contributed by atoms with Gasteiger partial charge >= 0.3 is 0 Å². The number of amides is 1. The van der Waals surface area contributed by atoms with Crippen LogP contribution in [0.1, 0.15) is 12.0 Å². The zero-order valence-corrected chi connectivity index (χ0v) is 14.5. The van der Waals surface area contributed by atoms with Crippen molar-refractivity contribution in [1.82, 2.24) is 4.98 Å². The summed E-state index contributed by atoms with van der Waals surface area (Å²) < 4.78 is 10.5. The van der Waals surface area contributed by atoms with E-state index in [4.69, 9.17) is 9.47 Å². The summed E-state index contributed by atoms with van der Waals surface area (Å²) in [4.78, 5) is 18.4. The molecule has 0 radical (unpaired) electrons. The van der Waals surface area contributed by atoms with Gasteiger partial charge in [0.15, 0.2) is 5.82 Å². The van der Waals surface area contributed by atoms with Crippen molar-refractivity contribution in [2.24, 2.45) is 0 Å². The highest BCUT2D eigenvalue weighted by Gasteiger charge is 2.10. The van der Waals surface area contributed by atoms with Gasteiger partial charge in [0.2, 0.25) is 5.91 Å². The van der Waals surface area contributed by atoms with Crippen LogP contribution < -0.4 is 19.7 Å². The Labute approximate surface area is 142 Å². The molecule has 0 saturated heterocycles. The molecule has 128 valence electrons. The number of hydrogen-bond donors (Lipinski definition) is 1. The number of pyridine rings is 1. The van der Waals surface area contributed by atoms with Crippen LogP contribution in [0, 0.1) is 0 Å². The highest BCUT2D eigenvalue weighted by molar-refractivity contribution is 5.93. The van der Waals surface area contributed by atoms with Gasteiger partial charge in [0.1, 0.15) is 11.5 Å². The number of anilines is 2. The summed E-state index contributed by atoms with van der Waals surface area (Å²) in [7, 11) is 6.99. The molecule has 0 unspecified atom stereocenters.